The van der Waals surface area contributed by atoms with Crippen LogP contribution >= 0.6 is 0 Å². The molecular weight excluding hydrogens is 162 g/mol. The zero-order valence-corrected chi connectivity index (χ0v) is 8.29. The Kier molecular flexibility index (Phi) is 1.58. The van der Waals surface area contributed by atoms with E-state index in [1.54, 1.807) is 0 Å². The van der Waals surface area contributed by atoms with Crippen molar-refractivity contribution in [2.75, 3.05) is 7.05 Å². The number of nitrogens with one attached hydrogen (secondary N) is 1. The summed E-state index contributed by atoms with van der Waals surface area (Å²) in [6, 6.07) is 0. The minimum absolute atomic E-state index is 0.0345. The van der Waals surface area contributed by atoms with Crippen LogP contribution in [0.4, 0.5) is 0 Å². The lowest BCUT2D eigenvalue weighted by atomic mass is 9.78. The van der Waals surface area contributed by atoms with Gasteiger partial charge in [0.1, 0.15) is 0 Å². The van der Waals surface area contributed by atoms with Crippen LogP contribution in [0.5, 0.6) is 0 Å². The van der Waals surface area contributed by atoms with Gasteiger partial charge in [0, 0.05) is 5.54 Å². The van der Waals surface area contributed by atoms with Crippen LogP contribution in [0.15, 0.2) is 0 Å². The van der Waals surface area contributed by atoms with Crippen LogP contribution in [0.1, 0.15) is 32.1 Å². The van der Waals surface area contributed by atoms with E-state index in [1.165, 1.54) is 19.3 Å². The molecule has 0 aromatic carbocycles. The molecule has 0 saturated heterocycles. The van der Waals surface area contributed by atoms with Crippen LogP contribution in [-0.4, -0.2) is 23.8 Å². The maximum absolute atomic E-state index is 9.86. The average Bonchev–Trinajstić information content (AvgIpc) is 2.54. The molecule has 0 aromatic heterocycles. The van der Waals surface area contributed by atoms with Gasteiger partial charge in [0.25, 0.3) is 0 Å². The summed E-state index contributed by atoms with van der Waals surface area (Å²) in [6.45, 7) is 0. The zero-order chi connectivity index (χ0) is 9.05. The summed E-state index contributed by atoms with van der Waals surface area (Å²) < 4.78 is 0. The van der Waals surface area contributed by atoms with Crippen molar-refractivity contribution in [3.63, 3.8) is 0 Å². The van der Waals surface area contributed by atoms with E-state index >= 15 is 0 Å². The van der Waals surface area contributed by atoms with Gasteiger partial charge in [0.05, 0.1) is 6.10 Å². The highest BCUT2D eigenvalue weighted by atomic mass is 16.3. The van der Waals surface area contributed by atoms with Gasteiger partial charge in [-0.05, 0) is 56.9 Å². The zero-order valence-electron chi connectivity index (χ0n) is 8.29. The number of aliphatic hydroxyl groups is 1. The minimum Gasteiger partial charge on any atom is -0.393 e. The van der Waals surface area contributed by atoms with Crippen molar-refractivity contribution in [3.05, 3.63) is 0 Å². The van der Waals surface area contributed by atoms with Gasteiger partial charge >= 0.3 is 0 Å². The van der Waals surface area contributed by atoms with Crippen LogP contribution in [0, 0.1) is 17.8 Å². The minimum atomic E-state index is -0.0345. The van der Waals surface area contributed by atoms with Gasteiger partial charge < -0.3 is 10.4 Å². The summed E-state index contributed by atoms with van der Waals surface area (Å²) in [5.41, 5.74) is 0.317. The quantitative estimate of drug-likeness (QED) is 0.636. The van der Waals surface area contributed by atoms with E-state index in [0.29, 0.717) is 5.54 Å². The van der Waals surface area contributed by atoms with Crippen LogP contribution < -0.4 is 5.32 Å². The number of hydrogen-bond donors (Lipinski definition) is 2. The van der Waals surface area contributed by atoms with Crippen LogP contribution in [0.25, 0.3) is 0 Å². The monoisotopic (exact) mass is 181 g/mol. The Hall–Kier alpha value is -0.0800. The Labute approximate surface area is 79.7 Å². The van der Waals surface area contributed by atoms with E-state index < -0.39 is 0 Å². The molecule has 5 unspecified atom stereocenters. The fraction of sp³-hybridized carbons (Fsp3) is 1.00. The standard InChI is InChI=1S/C11H19NO/c1-12-11-5-8-3-9(11)2-7(8)4-10(13)6-11/h7-10,12-13H,2-6H2,1H3. The summed E-state index contributed by atoms with van der Waals surface area (Å²) in [7, 11) is 2.08. The average molecular weight is 181 g/mol. The van der Waals surface area contributed by atoms with Crippen molar-refractivity contribution in [2.24, 2.45) is 17.8 Å². The highest BCUT2D eigenvalue weighted by Gasteiger charge is 2.57. The molecule has 13 heavy (non-hydrogen) atoms. The van der Waals surface area contributed by atoms with E-state index in [0.717, 1.165) is 30.6 Å². The molecule has 2 N–H and O–H groups in total. The van der Waals surface area contributed by atoms with Crippen LogP contribution in [0.3, 0.4) is 0 Å². The Balaban J connectivity index is 1.96. The van der Waals surface area contributed by atoms with E-state index in [2.05, 4.69) is 12.4 Å². The molecule has 4 aliphatic rings. The SMILES string of the molecule is CNC12CC(O)CC3CC1CC3C2. The third-order valence-corrected chi connectivity index (χ3v) is 4.92. The van der Waals surface area contributed by atoms with Crippen molar-refractivity contribution in [1.82, 2.24) is 5.32 Å². The third-order valence-electron chi connectivity index (χ3n) is 4.92. The van der Waals surface area contributed by atoms with Gasteiger partial charge in [-0.25, -0.2) is 0 Å². The Morgan fingerprint density at radius 2 is 1.92 bits per heavy atom. The molecule has 0 aliphatic heterocycles. The summed E-state index contributed by atoms with van der Waals surface area (Å²) in [5.74, 6) is 2.64. The summed E-state index contributed by atoms with van der Waals surface area (Å²) in [6.07, 6.45) is 6.18. The molecular formula is C11H19NO. The first-order chi connectivity index (χ1) is 6.23. The predicted molar refractivity (Wildman–Crippen MR) is 51.4 cm³/mol. The maximum atomic E-state index is 9.86. The van der Waals surface area contributed by atoms with Crippen molar-refractivity contribution in [2.45, 2.75) is 43.7 Å². The molecule has 0 aromatic rings. The Morgan fingerprint density at radius 3 is 2.54 bits per heavy atom. The predicted octanol–water partition coefficient (Wildman–Crippen LogP) is 1.15. The number of rotatable bonds is 1. The normalized spacial score (nSPS) is 58.6. The smallest absolute Gasteiger partial charge is 0.0560 e. The Bertz CT molecular complexity index is 230. The van der Waals surface area contributed by atoms with Crippen LogP contribution in [0.2, 0.25) is 0 Å². The summed E-state index contributed by atoms with van der Waals surface area (Å²) in [5, 5.41) is 13.4. The molecule has 4 aliphatic carbocycles. The second kappa shape index (κ2) is 2.48. The fourth-order valence-electron chi connectivity index (χ4n) is 4.35. The number of fused-ring (bicyclic) bond motifs is 2. The first-order valence-electron chi connectivity index (χ1n) is 5.60. The van der Waals surface area contributed by atoms with Crippen molar-refractivity contribution in [3.8, 4) is 0 Å². The highest BCUT2D eigenvalue weighted by molar-refractivity contribution is 5.12. The molecule has 2 nitrogen and oxygen atoms in total. The largest absolute Gasteiger partial charge is 0.393 e. The molecule has 4 bridgehead atoms. The van der Waals surface area contributed by atoms with Gasteiger partial charge in [0.2, 0.25) is 0 Å². The lowest BCUT2D eigenvalue weighted by Gasteiger charge is -2.37. The Morgan fingerprint density at radius 1 is 1.15 bits per heavy atom. The lowest BCUT2D eigenvalue weighted by molar-refractivity contribution is 0.114. The van der Waals surface area contributed by atoms with Gasteiger partial charge in [-0.2, -0.15) is 0 Å². The fourth-order valence-corrected chi connectivity index (χ4v) is 4.35. The molecule has 2 heteroatoms. The molecule has 0 heterocycles. The second-order valence-corrected chi connectivity index (χ2v) is 5.39. The first-order valence-corrected chi connectivity index (χ1v) is 5.60. The summed E-state index contributed by atoms with van der Waals surface area (Å²) >= 11 is 0. The van der Waals surface area contributed by atoms with Crippen molar-refractivity contribution < 1.29 is 5.11 Å². The first kappa shape index (κ1) is 8.25. The van der Waals surface area contributed by atoms with Crippen molar-refractivity contribution >= 4 is 0 Å². The van der Waals surface area contributed by atoms with Gasteiger partial charge in [-0.15, -0.1) is 0 Å². The third kappa shape index (κ3) is 0.962. The van der Waals surface area contributed by atoms with Gasteiger partial charge in [-0.1, -0.05) is 0 Å². The maximum Gasteiger partial charge on any atom is 0.0560 e. The number of hydrogen-bond acceptors (Lipinski definition) is 2. The molecule has 74 valence electrons. The highest BCUT2D eigenvalue weighted by Crippen LogP contribution is 2.59. The molecule has 5 atom stereocenters. The van der Waals surface area contributed by atoms with E-state index in [1.807, 2.05) is 0 Å². The molecule has 4 rings (SSSR count). The molecule has 4 saturated carbocycles. The van der Waals surface area contributed by atoms with Crippen molar-refractivity contribution in [1.29, 1.82) is 0 Å². The molecule has 4 fully saturated rings. The van der Waals surface area contributed by atoms with Crippen LogP contribution in [-0.2, 0) is 0 Å². The van der Waals surface area contributed by atoms with E-state index in [4.69, 9.17) is 0 Å². The lowest BCUT2D eigenvalue weighted by Crippen LogP contribution is -2.48. The second-order valence-electron chi connectivity index (χ2n) is 5.39. The molecule has 0 radical (unpaired) electrons. The van der Waals surface area contributed by atoms with E-state index in [9.17, 15) is 5.11 Å². The molecule has 0 spiro atoms. The molecule has 0 amide bonds. The van der Waals surface area contributed by atoms with Gasteiger partial charge in [-0.3, -0.25) is 0 Å². The topological polar surface area (TPSA) is 32.3 Å². The number of aliphatic hydroxyl groups excluding tert-OH is 1. The summed E-state index contributed by atoms with van der Waals surface area (Å²) in [4.78, 5) is 0. The van der Waals surface area contributed by atoms with Gasteiger partial charge in [0.15, 0.2) is 0 Å². The van der Waals surface area contributed by atoms with E-state index in [-0.39, 0.29) is 6.10 Å².